The molecule has 1 aromatic heterocycles. The molecule has 0 aliphatic heterocycles. The molecule has 6 heteroatoms. The van der Waals surface area contributed by atoms with Gasteiger partial charge in [-0.1, -0.05) is 13.3 Å². The maximum Gasteiger partial charge on any atom is 0.195 e. The highest BCUT2D eigenvalue weighted by molar-refractivity contribution is 7.91. The summed E-state index contributed by atoms with van der Waals surface area (Å²) in [6.45, 7) is 1.88. The molecule has 3 N–H and O–H groups in total. The Morgan fingerprint density at radius 2 is 2.22 bits per heavy atom. The number of sulfone groups is 1. The molecule has 0 amide bonds. The van der Waals surface area contributed by atoms with Crippen molar-refractivity contribution in [2.24, 2.45) is 5.73 Å². The molecular formula is C12H20N2O3S. The van der Waals surface area contributed by atoms with E-state index in [1.807, 2.05) is 6.92 Å². The average Bonchev–Trinajstić information content (AvgIpc) is 2.37. The lowest BCUT2D eigenvalue weighted by Gasteiger charge is -2.11. The van der Waals surface area contributed by atoms with Crippen LogP contribution in [0.15, 0.2) is 23.4 Å². The summed E-state index contributed by atoms with van der Waals surface area (Å²) in [7, 11) is -3.42. The van der Waals surface area contributed by atoms with Crippen molar-refractivity contribution in [3.63, 3.8) is 0 Å². The second-order valence-electron chi connectivity index (χ2n) is 4.22. The maximum atomic E-state index is 11.9. The second-order valence-corrected chi connectivity index (χ2v) is 6.27. The molecule has 5 nitrogen and oxygen atoms in total. The van der Waals surface area contributed by atoms with Crippen LogP contribution in [0.4, 0.5) is 0 Å². The highest BCUT2D eigenvalue weighted by Gasteiger charge is 2.17. The van der Waals surface area contributed by atoms with Crippen molar-refractivity contribution in [1.29, 1.82) is 0 Å². The first-order valence-electron chi connectivity index (χ1n) is 6.06. The molecule has 0 saturated heterocycles. The predicted molar refractivity (Wildman–Crippen MR) is 69.8 cm³/mol. The summed E-state index contributed by atoms with van der Waals surface area (Å²) in [6.07, 6.45) is 3.43. The fraction of sp³-hybridized carbons (Fsp3) is 0.583. The lowest BCUT2D eigenvalue weighted by molar-refractivity contribution is 0.295. The molecule has 0 aliphatic carbocycles. The molecular weight excluding hydrogens is 252 g/mol. The summed E-state index contributed by atoms with van der Waals surface area (Å²) in [5.41, 5.74) is 6.74. The van der Waals surface area contributed by atoms with Crippen molar-refractivity contribution in [1.82, 2.24) is 4.98 Å². The first kappa shape index (κ1) is 15.1. The zero-order valence-corrected chi connectivity index (χ0v) is 11.4. The van der Waals surface area contributed by atoms with E-state index in [2.05, 4.69) is 4.98 Å². The number of hydrogen-bond acceptors (Lipinski definition) is 5. The molecule has 1 atom stereocenters. The Morgan fingerprint density at radius 1 is 1.50 bits per heavy atom. The van der Waals surface area contributed by atoms with Crippen molar-refractivity contribution in [3.05, 3.63) is 23.9 Å². The fourth-order valence-electron chi connectivity index (χ4n) is 1.66. The van der Waals surface area contributed by atoms with E-state index in [0.717, 1.165) is 18.4 Å². The number of rotatable bonds is 7. The van der Waals surface area contributed by atoms with Crippen LogP contribution >= 0.6 is 0 Å². The van der Waals surface area contributed by atoms with E-state index in [9.17, 15) is 8.42 Å². The van der Waals surface area contributed by atoms with Gasteiger partial charge in [0.25, 0.3) is 0 Å². The van der Waals surface area contributed by atoms with Crippen LogP contribution in [0.2, 0.25) is 0 Å². The smallest absolute Gasteiger partial charge is 0.195 e. The van der Waals surface area contributed by atoms with Gasteiger partial charge >= 0.3 is 0 Å². The second kappa shape index (κ2) is 6.82. The molecule has 1 aromatic rings. The molecule has 0 bridgehead atoms. The third-order valence-electron chi connectivity index (χ3n) is 2.68. The highest BCUT2D eigenvalue weighted by Crippen LogP contribution is 2.18. The van der Waals surface area contributed by atoms with Gasteiger partial charge in [0.1, 0.15) is 0 Å². The molecule has 0 aromatic carbocycles. The normalized spacial score (nSPS) is 13.5. The monoisotopic (exact) mass is 272 g/mol. The largest absolute Gasteiger partial charge is 0.396 e. The van der Waals surface area contributed by atoms with E-state index in [4.69, 9.17) is 10.8 Å². The van der Waals surface area contributed by atoms with Gasteiger partial charge in [-0.25, -0.2) is 13.4 Å². The van der Waals surface area contributed by atoms with Crippen LogP contribution in [0, 0.1) is 0 Å². The quantitative estimate of drug-likeness (QED) is 0.773. The molecule has 0 radical (unpaired) electrons. The highest BCUT2D eigenvalue weighted by atomic mass is 32.2. The minimum absolute atomic E-state index is 0.0417. The molecule has 0 aliphatic rings. The predicted octanol–water partition coefficient (Wildman–Crippen LogP) is 1.04. The molecule has 18 heavy (non-hydrogen) atoms. The SMILES string of the molecule is CCCC(N)c1ccnc(S(=O)(=O)CCCO)c1. The summed E-state index contributed by atoms with van der Waals surface area (Å²) >= 11 is 0. The Balaban J connectivity index is 2.94. The first-order valence-corrected chi connectivity index (χ1v) is 7.71. The lowest BCUT2D eigenvalue weighted by atomic mass is 10.1. The molecule has 1 heterocycles. The van der Waals surface area contributed by atoms with Crippen molar-refractivity contribution in [3.8, 4) is 0 Å². The van der Waals surface area contributed by atoms with Crippen molar-refractivity contribution >= 4 is 9.84 Å². The van der Waals surface area contributed by atoms with Gasteiger partial charge in [-0.3, -0.25) is 0 Å². The van der Waals surface area contributed by atoms with Gasteiger partial charge in [0.15, 0.2) is 14.9 Å². The number of hydrogen-bond donors (Lipinski definition) is 2. The van der Waals surface area contributed by atoms with E-state index in [1.165, 1.54) is 12.3 Å². The van der Waals surface area contributed by atoms with Gasteiger partial charge in [0.2, 0.25) is 0 Å². The summed E-state index contributed by atoms with van der Waals surface area (Å²) in [4.78, 5) is 3.88. The van der Waals surface area contributed by atoms with E-state index in [0.29, 0.717) is 0 Å². The number of nitrogens with two attached hydrogens (primary N) is 1. The summed E-state index contributed by atoms with van der Waals surface area (Å²) in [5, 5.41) is 8.73. The number of aliphatic hydroxyl groups is 1. The Morgan fingerprint density at radius 3 is 2.83 bits per heavy atom. The van der Waals surface area contributed by atoms with E-state index in [-0.39, 0.29) is 29.8 Å². The van der Waals surface area contributed by atoms with Crippen LogP contribution in [0.1, 0.15) is 37.8 Å². The Bertz CT molecular complexity index is 474. The van der Waals surface area contributed by atoms with Gasteiger partial charge in [-0.2, -0.15) is 0 Å². The van der Waals surface area contributed by atoms with E-state index < -0.39 is 9.84 Å². The number of nitrogens with zero attached hydrogens (tertiary/aromatic N) is 1. The Labute approximate surface area is 108 Å². The van der Waals surface area contributed by atoms with Crippen LogP contribution in [0.3, 0.4) is 0 Å². The van der Waals surface area contributed by atoms with Gasteiger partial charge < -0.3 is 10.8 Å². The van der Waals surface area contributed by atoms with Crippen LogP contribution in [0.5, 0.6) is 0 Å². The zero-order chi connectivity index (χ0) is 13.6. The zero-order valence-electron chi connectivity index (χ0n) is 10.5. The van der Waals surface area contributed by atoms with Crippen LogP contribution in [-0.2, 0) is 9.84 Å². The van der Waals surface area contributed by atoms with Crippen molar-refractivity contribution in [2.75, 3.05) is 12.4 Å². The van der Waals surface area contributed by atoms with E-state index >= 15 is 0 Å². The van der Waals surface area contributed by atoms with Crippen LogP contribution in [0.25, 0.3) is 0 Å². The molecule has 0 fully saturated rings. The molecule has 0 spiro atoms. The third kappa shape index (κ3) is 4.04. The number of aliphatic hydroxyl groups excluding tert-OH is 1. The lowest BCUT2D eigenvalue weighted by Crippen LogP contribution is -2.14. The molecule has 1 rings (SSSR count). The average molecular weight is 272 g/mol. The van der Waals surface area contributed by atoms with Crippen LogP contribution in [-0.4, -0.2) is 30.9 Å². The number of aromatic nitrogens is 1. The van der Waals surface area contributed by atoms with E-state index in [1.54, 1.807) is 6.07 Å². The maximum absolute atomic E-state index is 11.9. The molecule has 0 saturated carbocycles. The van der Waals surface area contributed by atoms with Gasteiger partial charge in [-0.05, 0) is 30.5 Å². The van der Waals surface area contributed by atoms with Gasteiger partial charge in [-0.15, -0.1) is 0 Å². The number of pyridine rings is 1. The standard InChI is InChI=1S/C12H20N2O3S/c1-2-4-11(13)10-5-6-14-12(9-10)18(16,17)8-3-7-15/h5-6,9,11,15H,2-4,7-8,13H2,1H3. The molecule has 102 valence electrons. The summed E-state index contributed by atoms with van der Waals surface area (Å²) in [5.74, 6) is -0.0943. The summed E-state index contributed by atoms with van der Waals surface area (Å²) in [6, 6.07) is 3.11. The topological polar surface area (TPSA) is 93.3 Å². The van der Waals surface area contributed by atoms with Crippen LogP contribution < -0.4 is 5.73 Å². The minimum Gasteiger partial charge on any atom is -0.396 e. The summed E-state index contributed by atoms with van der Waals surface area (Å²) < 4.78 is 23.8. The first-order chi connectivity index (χ1) is 8.51. The fourth-order valence-corrected chi connectivity index (χ4v) is 2.92. The van der Waals surface area contributed by atoms with Crippen molar-refractivity contribution in [2.45, 2.75) is 37.3 Å². The van der Waals surface area contributed by atoms with Gasteiger partial charge in [0, 0.05) is 18.8 Å². The third-order valence-corrected chi connectivity index (χ3v) is 4.36. The van der Waals surface area contributed by atoms with Crippen molar-refractivity contribution < 1.29 is 13.5 Å². The molecule has 1 unspecified atom stereocenters. The Hall–Kier alpha value is -0.980. The minimum atomic E-state index is -3.42. The Kier molecular flexibility index (Phi) is 5.71. The van der Waals surface area contributed by atoms with Gasteiger partial charge in [0.05, 0.1) is 5.75 Å².